The molecule has 0 bridgehead atoms. The zero-order valence-electron chi connectivity index (χ0n) is 18.2. The number of carbonyl (C=O) groups excluding carboxylic acids is 2. The van der Waals surface area contributed by atoms with Gasteiger partial charge in [-0.15, -0.1) is 0 Å². The Hall–Kier alpha value is -2.41. The molecule has 30 heavy (non-hydrogen) atoms. The van der Waals surface area contributed by atoms with Crippen LogP contribution in [0.4, 0.5) is 5.69 Å². The first-order valence-corrected chi connectivity index (χ1v) is 11.1. The van der Waals surface area contributed by atoms with Crippen LogP contribution in [0.5, 0.6) is 0 Å². The van der Waals surface area contributed by atoms with Crippen LogP contribution in [-0.2, 0) is 14.3 Å². The fourth-order valence-corrected chi connectivity index (χ4v) is 4.25. The molecule has 1 atom stereocenters. The minimum absolute atomic E-state index is 0.0954. The van der Waals surface area contributed by atoms with Crippen molar-refractivity contribution >= 4 is 34.9 Å². The largest absolute Gasteiger partial charge is 0.459 e. The number of thiocarbonyl (C=S) groups is 1. The van der Waals surface area contributed by atoms with Gasteiger partial charge in [0.15, 0.2) is 5.11 Å². The second kappa shape index (κ2) is 9.60. The van der Waals surface area contributed by atoms with E-state index in [1.54, 1.807) is 4.90 Å². The lowest BCUT2D eigenvalue weighted by molar-refractivity contribution is -0.143. The van der Waals surface area contributed by atoms with E-state index in [0.717, 1.165) is 42.6 Å². The van der Waals surface area contributed by atoms with Gasteiger partial charge in [0.25, 0.3) is 0 Å². The molecular weight excluding hydrogens is 398 g/mol. The monoisotopic (exact) mass is 429 g/mol. The first-order valence-electron chi connectivity index (χ1n) is 10.6. The predicted molar refractivity (Wildman–Crippen MR) is 122 cm³/mol. The smallest absolute Gasteiger partial charge is 0.338 e. The number of amides is 1. The number of hydrogen-bond acceptors (Lipinski definition) is 4. The van der Waals surface area contributed by atoms with Crippen LogP contribution >= 0.6 is 12.2 Å². The Balaban J connectivity index is 1.79. The lowest BCUT2D eigenvalue weighted by Gasteiger charge is -2.35. The number of nitrogens with one attached hydrogen (secondary N) is 2. The average Bonchev–Trinajstić information content (AvgIpc) is 2.72. The zero-order valence-corrected chi connectivity index (χ0v) is 19.0. The van der Waals surface area contributed by atoms with Crippen LogP contribution in [-0.4, -0.2) is 35.0 Å². The van der Waals surface area contributed by atoms with Gasteiger partial charge in [-0.3, -0.25) is 4.79 Å². The van der Waals surface area contributed by atoms with Crippen molar-refractivity contribution in [1.82, 2.24) is 10.2 Å². The lowest BCUT2D eigenvalue weighted by Crippen LogP contribution is -2.46. The maximum absolute atomic E-state index is 12.8. The molecule has 0 aromatic heterocycles. The van der Waals surface area contributed by atoms with Crippen molar-refractivity contribution in [1.29, 1.82) is 0 Å². The summed E-state index contributed by atoms with van der Waals surface area (Å²) < 4.78 is 5.48. The van der Waals surface area contributed by atoms with E-state index in [1.165, 1.54) is 6.42 Å². The third-order valence-corrected chi connectivity index (χ3v) is 6.20. The quantitative estimate of drug-likeness (QED) is 0.537. The maximum Gasteiger partial charge on any atom is 0.338 e. The van der Waals surface area contributed by atoms with E-state index >= 15 is 0 Å². The van der Waals surface area contributed by atoms with E-state index in [2.05, 4.69) is 10.6 Å². The van der Waals surface area contributed by atoms with Crippen molar-refractivity contribution in [2.24, 2.45) is 5.92 Å². The highest BCUT2D eigenvalue weighted by Crippen LogP contribution is 2.32. The minimum Gasteiger partial charge on any atom is -0.459 e. The molecule has 6 nitrogen and oxygen atoms in total. The molecule has 1 aliphatic carbocycles. The first-order chi connectivity index (χ1) is 14.3. The van der Waals surface area contributed by atoms with Gasteiger partial charge in [0.1, 0.15) is 0 Å². The average molecular weight is 430 g/mol. The van der Waals surface area contributed by atoms with Gasteiger partial charge in [0.05, 0.1) is 17.7 Å². The fourth-order valence-electron chi connectivity index (χ4n) is 4.00. The summed E-state index contributed by atoms with van der Waals surface area (Å²) >= 11 is 5.44. The Bertz CT molecular complexity index is 842. The molecule has 0 radical (unpaired) electrons. The van der Waals surface area contributed by atoms with Crippen molar-refractivity contribution in [3.8, 4) is 0 Å². The van der Waals surface area contributed by atoms with Gasteiger partial charge in [-0.1, -0.05) is 31.4 Å². The van der Waals surface area contributed by atoms with E-state index in [0.29, 0.717) is 10.7 Å². The third-order valence-electron chi connectivity index (χ3n) is 5.80. The molecule has 1 saturated carbocycles. The molecule has 2 aliphatic rings. The number of ether oxygens (including phenoxy) is 1. The molecule has 2 N–H and O–H groups in total. The van der Waals surface area contributed by atoms with Crippen molar-refractivity contribution in [3.63, 3.8) is 0 Å². The normalized spacial score (nSPS) is 20.2. The molecule has 1 amide bonds. The standard InChI is InChI=1S/C23H31N3O3S/c1-14(2)29-22(28)19-15(3)26(4)23(30)25-20(19)16-10-12-18(13-11-16)24-21(27)17-8-6-5-7-9-17/h10-14,17,20H,5-9H2,1-4H3,(H,24,27)(H,25,30). The molecule has 1 aromatic rings. The Labute approximate surface area is 184 Å². The summed E-state index contributed by atoms with van der Waals surface area (Å²) in [7, 11) is 1.83. The summed E-state index contributed by atoms with van der Waals surface area (Å²) in [4.78, 5) is 27.1. The molecule has 1 aromatic carbocycles. The number of carbonyl (C=O) groups is 2. The van der Waals surface area contributed by atoms with Gasteiger partial charge in [0.2, 0.25) is 5.91 Å². The fraction of sp³-hybridized carbons (Fsp3) is 0.522. The molecule has 1 fully saturated rings. The highest BCUT2D eigenvalue weighted by molar-refractivity contribution is 7.80. The number of allylic oxidation sites excluding steroid dienone is 1. The van der Waals surface area contributed by atoms with Crippen LogP contribution in [0.25, 0.3) is 0 Å². The van der Waals surface area contributed by atoms with Gasteiger partial charge >= 0.3 is 5.97 Å². The summed E-state index contributed by atoms with van der Waals surface area (Å²) in [6.07, 6.45) is 5.19. The number of esters is 1. The molecule has 162 valence electrons. The maximum atomic E-state index is 12.8. The molecule has 3 rings (SSSR count). The van der Waals surface area contributed by atoms with Crippen molar-refractivity contribution in [2.75, 3.05) is 12.4 Å². The molecule has 1 aliphatic heterocycles. The Morgan fingerprint density at radius 3 is 2.40 bits per heavy atom. The number of nitrogens with zero attached hydrogens (tertiary/aromatic N) is 1. The summed E-state index contributed by atoms with van der Waals surface area (Å²) in [5.41, 5.74) is 2.95. The Morgan fingerprint density at radius 1 is 1.17 bits per heavy atom. The number of anilines is 1. The van der Waals surface area contributed by atoms with Crippen LogP contribution < -0.4 is 10.6 Å². The van der Waals surface area contributed by atoms with Crippen molar-refractivity contribution < 1.29 is 14.3 Å². The van der Waals surface area contributed by atoms with Gasteiger partial charge in [-0.2, -0.15) is 0 Å². The number of hydrogen-bond donors (Lipinski definition) is 2. The van der Waals surface area contributed by atoms with Gasteiger partial charge in [-0.25, -0.2) is 4.79 Å². The second-order valence-corrected chi connectivity index (χ2v) is 8.73. The summed E-state index contributed by atoms with van der Waals surface area (Å²) in [6.45, 7) is 5.53. The lowest BCUT2D eigenvalue weighted by atomic mass is 9.88. The van der Waals surface area contributed by atoms with Gasteiger partial charge < -0.3 is 20.3 Å². The van der Waals surface area contributed by atoms with Crippen molar-refractivity contribution in [3.05, 3.63) is 41.1 Å². The van der Waals surface area contributed by atoms with E-state index in [4.69, 9.17) is 17.0 Å². The van der Waals surface area contributed by atoms with E-state index in [9.17, 15) is 9.59 Å². The van der Waals surface area contributed by atoms with Crippen LogP contribution in [0.15, 0.2) is 35.5 Å². The highest BCUT2D eigenvalue weighted by atomic mass is 32.1. The molecule has 0 spiro atoms. The van der Waals surface area contributed by atoms with Crippen LogP contribution in [0.1, 0.15) is 64.5 Å². The molecular formula is C23H31N3O3S. The van der Waals surface area contributed by atoms with E-state index < -0.39 is 6.04 Å². The summed E-state index contributed by atoms with van der Waals surface area (Å²) in [5, 5.41) is 6.82. The minimum atomic E-state index is -0.400. The van der Waals surface area contributed by atoms with Crippen LogP contribution in [0, 0.1) is 5.92 Å². The van der Waals surface area contributed by atoms with Gasteiger partial charge in [-0.05, 0) is 63.5 Å². The van der Waals surface area contributed by atoms with E-state index in [1.807, 2.05) is 52.1 Å². The predicted octanol–water partition coefficient (Wildman–Crippen LogP) is 4.29. The van der Waals surface area contributed by atoms with Crippen LogP contribution in [0.2, 0.25) is 0 Å². The zero-order chi connectivity index (χ0) is 21.8. The number of rotatable bonds is 5. The van der Waals surface area contributed by atoms with Crippen LogP contribution in [0.3, 0.4) is 0 Å². The summed E-state index contributed by atoms with van der Waals surface area (Å²) in [5.74, 6) is -0.156. The molecule has 7 heteroatoms. The topological polar surface area (TPSA) is 70.7 Å². The Kier molecular flexibility index (Phi) is 7.13. The van der Waals surface area contributed by atoms with Crippen molar-refractivity contribution in [2.45, 2.75) is 65.0 Å². The second-order valence-electron chi connectivity index (χ2n) is 8.34. The van der Waals surface area contributed by atoms with Gasteiger partial charge in [0, 0.05) is 24.4 Å². The molecule has 0 saturated heterocycles. The van der Waals surface area contributed by atoms with E-state index in [-0.39, 0.29) is 23.9 Å². The first kappa shape index (κ1) is 22.3. The number of benzene rings is 1. The SMILES string of the molecule is CC1=C(C(=O)OC(C)C)C(c2ccc(NC(=O)C3CCCCC3)cc2)NC(=S)N1C. The molecule has 1 unspecified atom stereocenters. The molecule has 1 heterocycles. The highest BCUT2D eigenvalue weighted by Gasteiger charge is 2.33. The summed E-state index contributed by atoms with van der Waals surface area (Å²) in [6, 6.07) is 7.18. The third kappa shape index (κ3) is 5.01. The Morgan fingerprint density at radius 2 is 1.80 bits per heavy atom.